The monoisotopic (exact) mass is 376 g/mol. The SMILES string of the molecule is CC(C)(C)c1ccc(-c2nc3cc(NC(=O)c4cccs4)ccc3o2)cc1. The molecule has 0 saturated heterocycles. The lowest BCUT2D eigenvalue weighted by Crippen LogP contribution is -2.10. The summed E-state index contributed by atoms with van der Waals surface area (Å²) >= 11 is 1.41. The Bertz CT molecular complexity index is 1090. The molecule has 27 heavy (non-hydrogen) atoms. The number of aromatic nitrogens is 1. The van der Waals surface area contributed by atoms with Gasteiger partial charge in [-0.1, -0.05) is 39.0 Å². The number of nitrogens with zero attached hydrogens (tertiary/aromatic N) is 1. The summed E-state index contributed by atoms with van der Waals surface area (Å²) in [5.41, 5.74) is 4.41. The van der Waals surface area contributed by atoms with Gasteiger partial charge in [-0.15, -0.1) is 11.3 Å². The van der Waals surface area contributed by atoms with Crippen LogP contribution in [0.15, 0.2) is 64.4 Å². The summed E-state index contributed by atoms with van der Waals surface area (Å²) in [6, 6.07) is 17.4. The molecule has 2 aromatic carbocycles. The smallest absolute Gasteiger partial charge is 0.265 e. The molecule has 4 rings (SSSR count). The second-order valence-corrected chi connectivity index (χ2v) is 8.41. The maximum Gasteiger partial charge on any atom is 0.265 e. The Morgan fingerprint density at radius 3 is 2.52 bits per heavy atom. The van der Waals surface area contributed by atoms with Crippen LogP contribution in [0.1, 0.15) is 36.0 Å². The first-order valence-electron chi connectivity index (χ1n) is 8.76. The first kappa shape index (κ1) is 17.5. The lowest BCUT2D eigenvalue weighted by molar-refractivity contribution is 0.103. The van der Waals surface area contributed by atoms with Gasteiger partial charge in [-0.25, -0.2) is 4.98 Å². The molecule has 0 unspecified atom stereocenters. The predicted octanol–water partition coefficient (Wildman–Crippen LogP) is 6.11. The van der Waals surface area contributed by atoms with Crippen LogP contribution in [-0.4, -0.2) is 10.9 Å². The average molecular weight is 376 g/mol. The van der Waals surface area contributed by atoms with Gasteiger partial charge >= 0.3 is 0 Å². The number of amides is 1. The normalized spacial score (nSPS) is 11.7. The van der Waals surface area contributed by atoms with E-state index in [9.17, 15) is 4.79 Å². The third-order valence-corrected chi connectivity index (χ3v) is 5.26. The number of nitrogens with one attached hydrogen (secondary N) is 1. The van der Waals surface area contributed by atoms with E-state index in [1.54, 1.807) is 6.07 Å². The second-order valence-electron chi connectivity index (χ2n) is 7.46. The highest BCUT2D eigenvalue weighted by molar-refractivity contribution is 7.12. The zero-order chi connectivity index (χ0) is 19.0. The Hall–Kier alpha value is -2.92. The number of benzene rings is 2. The Labute approximate surface area is 161 Å². The number of oxazole rings is 1. The lowest BCUT2D eigenvalue weighted by atomic mass is 9.87. The van der Waals surface area contributed by atoms with Crippen molar-refractivity contribution in [1.29, 1.82) is 0 Å². The third kappa shape index (κ3) is 3.64. The van der Waals surface area contributed by atoms with Crippen molar-refractivity contribution >= 4 is 34.0 Å². The Morgan fingerprint density at radius 2 is 1.85 bits per heavy atom. The highest BCUT2D eigenvalue weighted by Gasteiger charge is 2.15. The molecule has 4 aromatic rings. The zero-order valence-electron chi connectivity index (χ0n) is 15.4. The van der Waals surface area contributed by atoms with E-state index in [0.717, 1.165) is 5.56 Å². The van der Waals surface area contributed by atoms with Gasteiger partial charge in [0.1, 0.15) is 5.52 Å². The summed E-state index contributed by atoms with van der Waals surface area (Å²) in [5.74, 6) is 0.457. The van der Waals surface area contributed by atoms with Crippen LogP contribution < -0.4 is 5.32 Å². The highest BCUT2D eigenvalue weighted by atomic mass is 32.1. The molecule has 1 amide bonds. The fraction of sp³-hybridized carbons (Fsp3) is 0.182. The van der Waals surface area contributed by atoms with Crippen molar-refractivity contribution in [2.75, 3.05) is 5.32 Å². The minimum absolute atomic E-state index is 0.107. The Morgan fingerprint density at radius 1 is 1.07 bits per heavy atom. The molecule has 0 spiro atoms. The maximum atomic E-state index is 12.2. The van der Waals surface area contributed by atoms with E-state index in [-0.39, 0.29) is 11.3 Å². The van der Waals surface area contributed by atoms with Crippen molar-refractivity contribution in [2.24, 2.45) is 0 Å². The van der Waals surface area contributed by atoms with E-state index in [4.69, 9.17) is 4.42 Å². The summed E-state index contributed by atoms with van der Waals surface area (Å²) in [7, 11) is 0. The number of carbonyl (C=O) groups excluding carboxylic acids is 1. The van der Waals surface area contributed by atoms with E-state index in [2.05, 4.69) is 43.2 Å². The summed E-state index contributed by atoms with van der Waals surface area (Å²) in [6.45, 7) is 6.56. The van der Waals surface area contributed by atoms with Crippen LogP contribution in [0, 0.1) is 0 Å². The molecule has 0 aliphatic heterocycles. The molecule has 1 N–H and O–H groups in total. The van der Waals surface area contributed by atoms with Gasteiger partial charge < -0.3 is 9.73 Å². The van der Waals surface area contributed by atoms with Gasteiger partial charge in [0.05, 0.1) is 4.88 Å². The van der Waals surface area contributed by atoms with Crippen LogP contribution >= 0.6 is 11.3 Å². The standard InChI is InChI=1S/C22H20N2O2S/c1-22(2,3)15-8-6-14(7-9-15)21-24-17-13-16(10-11-18(17)26-21)23-20(25)19-5-4-12-27-19/h4-13H,1-3H3,(H,23,25). The van der Waals surface area contributed by atoms with Crippen molar-refractivity contribution in [3.05, 3.63) is 70.4 Å². The fourth-order valence-electron chi connectivity index (χ4n) is 2.84. The van der Waals surface area contributed by atoms with Crippen molar-refractivity contribution < 1.29 is 9.21 Å². The molecule has 136 valence electrons. The van der Waals surface area contributed by atoms with E-state index >= 15 is 0 Å². The average Bonchev–Trinajstić information content (AvgIpc) is 3.30. The zero-order valence-corrected chi connectivity index (χ0v) is 16.3. The van der Waals surface area contributed by atoms with Crippen LogP contribution in [0.3, 0.4) is 0 Å². The van der Waals surface area contributed by atoms with Crippen molar-refractivity contribution in [2.45, 2.75) is 26.2 Å². The van der Waals surface area contributed by atoms with Crippen LogP contribution in [0.25, 0.3) is 22.6 Å². The molecule has 0 aliphatic rings. The van der Waals surface area contributed by atoms with Gasteiger partial charge in [0, 0.05) is 11.3 Å². The summed E-state index contributed by atoms with van der Waals surface area (Å²) in [4.78, 5) is 17.5. The molecule has 0 atom stereocenters. The van der Waals surface area contributed by atoms with Gasteiger partial charge in [-0.05, 0) is 52.8 Å². The Balaban J connectivity index is 1.60. The van der Waals surface area contributed by atoms with Gasteiger partial charge in [0.2, 0.25) is 5.89 Å². The van der Waals surface area contributed by atoms with Crippen molar-refractivity contribution in [3.8, 4) is 11.5 Å². The highest BCUT2D eigenvalue weighted by Crippen LogP contribution is 2.29. The molecule has 2 heterocycles. The summed E-state index contributed by atoms with van der Waals surface area (Å²) in [6.07, 6.45) is 0. The predicted molar refractivity (Wildman–Crippen MR) is 110 cm³/mol. The van der Waals surface area contributed by atoms with E-state index < -0.39 is 0 Å². The molecule has 4 nitrogen and oxygen atoms in total. The van der Waals surface area contributed by atoms with Crippen LogP contribution in [0.5, 0.6) is 0 Å². The van der Waals surface area contributed by atoms with Crippen molar-refractivity contribution in [3.63, 3.8) is 0 Å². The first-order valence-corrected chi connectivity index (χ1v) is 9.64. The van der Waals surface area contributed by atoms with E-state index in [1.807, 2.05) is 41.8 Å². The molecule has 5 heteroatoms. The molecule has 0 fully saturated rings. The first-order chi connectivity index (χ1) is 12.9. The molecule has 2 aromatic heterocycles. The largest absolute Gasteiger partial charge is 0.436 e. The van der Waals surface area contributed by atoms with Gasteiger partial charge in [0.25, 0.3) is 5.91 Å². The second kappa shape index (κ2) is 6.67. The van der Waals surface area contributed by atoms with Gasteiger partial charge in [0.15, 0.2) is 5.58 Å². The third-order valence-electron chi connectivity index (χ3n) is 4.39. The van der Waals surface area contributed by atoms with Crippen molar-refractivity contribution in [1.82, 2.24) is 4.98 Å². The quantitative estimate of drug-likeness (QED) is 0.469. The van der Waals surface area contributed by atoms with Gasteiger partial charge in [-0.3, -0.25) is 4.79 Å². The number of hydrogen-bond donors (Lipinski definition) is 1. The number of hydrogen-bond acceptors (Lipinski definition) is 4. The van der Waals surface area contributed by atoms with E-state index in [1.165, 1.54) is 16.9 Å². The van der Waals surface area contributed by atoms with Crippen LogP contribution in [0.2, 0.25) is 0 Å². The minimum Gasteiger partial charge on any atom is -0.436 e. The van der Waals surface area contributed by atoms with Crippen LogP contribution in [0.4, 0.5) is 5.69 Å². The molecular formula is C22H20N2O2S. The Kier molecular flexibility index (Phi) is 4.32. The topological polar surface area (TPSA) is 55.1 Å². The molecule has 0 radical (unpaired) electrons. The maximum absolute atomic E-state index is 12.2. The molecular weight excluding hydrogens is 356 g/mol. The number of rotatable bonds is 3. The molecule has 0 bridgehead atoms. The number of anilines is 1. The van der Waals surface area contributed by atoms with Crippen LogP contribution in [-0.2, 0) is 5.41 Å². The minimum atomic E-state index is -0.120. The number of fused-ring (bicyclic) bond motifs is 1. The fourth-order valence-corrected chi connectivity index (χ4v) is 3.46. The molecule has 0 saturated carbocycles. The van der Waals surface area contributed by atoms with E-state index in [0.29, 0.717) is 27.6 Å². The number of carbonyl (C=O) groups is 1. The molecule has 0 aliphatic carbocycles. The lowest BCUT2D eigenvalue weighted by Gasteiger charge is -2.18. The van der Waals surface area contributed by atoms with Gasteiger partial charge in [-0.2, -0.15) is 0 Å². The number of thiophene rings is 1. The summed E-state index contributed by atoms with van der Waals surface area (Å²) < 4.78 is 5.89. The summed E-state index contributed by atoms with van der Waals surface area (Å²) in [5, 5.41) is 4.78.